The van der Waals surface area contributed by atoms with Crippen LogP contribution in [-0.4, -0.2) is 44.8 Å². The lowest BCUT2D eigenvalue weighted by Gasteiger charge is -2.32. The molecule has 0 spiro atoms. The largest absolute Gasteiger partial charge is 0.368 e. The van der Waals surface area contributed by atoms with Crippen molar-refractivity contribution in [2.24, 2.45) is 0 Å². The van der Waals surface area contributed by atoms with E-state index in [2.05, 4.69) is 25.3 Å². The van der Waals surface area contributed by atoms with E-state index in [1.807, 2.05) is 6.07 Å². The van der Waals surface area contributed by atoms with Gasteiger partial charge in [0.1, 0.15) is 0 Å². The number of hydrogen-bond donors (Lipinski definition) is 2. The van der Waals surface area contributed by atoms with E-state index in [4.69, 9.17) is 5.73 Å². The fraction of sp³-hybridized carbons (Fsp3) is 0.545. The number of anilines is 2. The Morgan fingerprint density at radius 3 is 2.78 bits per heavy atom. The van der Waals surface area contributed by atoms with Gasteiger partial charge in [-0.1, -0.05) is 0 Å². The Bertz CT molecular complexity index is 580. The third-order valence-corrected chi connectivity index (χ3v) is 3.77. The number of nitrogens with zero attached hydrogens (tertiary/aromatic N) is 5. The summed E-state index contributed by atoms with van der Waals surface area (Å²) in [5, 5.41) is 7.67. The van der Waals surface area contributed by atoms with E-state index < -0.39 is 0 Å². The predicted molar refractivity (Wildman–Crippen MR) is 67.4 cm³/mol. The third kappa shape index (κ3) is 1.43. The van der Waals surface area contributed by atoms with Crippen LogP contribution in [0.25, 0.3) is 5.65 Å². The monoisotopic (exact) mass is 245 g/mol. The molecular weight excluding hydrogens is 230 g/mol. The molecule has 0 amide bonds. The molecule has 0 aliphatic carbocycles. The Balaban J connectivity index is 1.73. The highest BCUT2D eigenvalue weighted by molar-refractivity contribution is 5.48. The standard InChI is InChI=1S/C11H15N7/c12-10-16-11(15-9-3-4-13-18(9)10)17-5-7-1-2-8(6-17)14-7/h3-4,7-8,14H,1-2,5-6H2,(H2,12,15,16). The first-order chi connectivity index (χ1) is 8.79. The summed E-state index contributed by atoms with van der Waals surface area (Å²) < 4.78 is 1.56. The molecule has 2 aromatic heterocycles. The van der Waals surface area contributed by atoms with Crippen molar-refractivity contribution in [3.63, 3.8) is 0 Å². The lowest BCUT2D eigenvalue weighted by atomic mass is 10.2. The fourth-order valence-corrected chi connectivity index (χ4v) is 2.94. The van der Waals surface area contributed by atoms with E-state index in [0.717, 1.165) is 24.7 Å². The van der Waals surface area contributed by atoms with Crippen LogP contribution in [0.4, 0.5) is 11.9 Å². The minimum atomic E-state index is 0.394. The van der Waals surface area contributed by atoms with Gasteiger partial charge in [-0.05, 0) is 12.8 Å². The first-order valence-corrected chi connectivity index (χ1v) is 6.28. The highest BCUT2D eigenvalue weighted by Crippen LogP contribution is 2.23. The van der Waals surface area contributed by atoms with Gasteiger partial charge in [-0.25, -0.2) is 0 Å². The molecule has 2 unspecified atom stereocenters. The number of nitrogens with two attached hydrogens (primary N) is 1. The molecule has 2 aromatic rings. The van der Waals surface area contributed by atoms with Crippen molar-refractivity contribution < 1.29 is 0 Å². The molecule has 4 rings (SSSR count). The maximum Gasteiger partial charge on any atom is 0.230 e. The summed E-state index contributed by atoms with van der Waals surface area (Å²) in [6.07, 6.45) is 4.17. The van der Waals surface area contributed by atoms with Crippen LogP contribution in [0, 0.1) is 0 Å². The second-order valence-corrected chi connectivity index (χ2v) is 5.03. The maximum absolute atomic E-state index is 5.90. The quantitative estimate of drug-likeness (QED) is 0.714. The Morgan fingerprint density at radius 2 is 2.00 bits per heavy atom. The summed E-state index contributed by atoms with van der Waals surface area (Å²) in [6.45, 7) is 1.92. The maximum atomic E-state index is 5.90. The van der Waals surface area contributed by atoms with Crippen molar-refractivity contribution in [3.8, 4) is 0 Å². The number of piperazine rings is 1. The van der Waals surface area contributed by atoms with Crippen molar-refractivity contribution in [1.82, 2.24) is 24.9 Å². The van der Waals surface area contributed by atoms with Gasteiger partial charge in [0, 0.05) is 31.2 Å². The molecule has 3 N–H and O–H groups in total. The average molecular weight is 245 g/mol. The summed E-state index contributed by atoms with van der Waals surface area (Å²) in [4.78, 5) is 11.1. The number of nitrogens with one attached hydrogen (secondary N) is 1. The summed E-state index contributed by atoms with van der Waals surface area (Å²) in [7, 11) is 0. The molecule has 7 nitrogen and oxygen atoms in total. The van der Waals surface area contributed by atoms with Crippen molar-refractivity contribution in [2.45, 2.75) is 24.9 Å². The third-order valence-electron chi connectivity index (χ3n) is 3.77. The summed E-state index contributed by atoms with van der Waals surface area (Å²) in [5.41, 5.74) is 6.65. The molecule has 0 saturated carbocycles. The van der Waals surface area contributed by atoms with Crippen molar-refractivity contribution in [3.05, 3.63) is 12.3 Å². The van der Waals surface area contributed by atoms with E-state index in [1.54, 1.807) is 10.7 Å². The van der Waals surface area contributed by atoms with Crippen LogP contribution in [0.15, 0.2) is 12.3 Å². The number of rotatable bonds is 1. The SMILES string of the molecule is Nc1nc(N2CC3CCC(C2)N3)nc2ccnn12. The normalized spacial score (nSPS) is 27.0. The molecule has 2 bridgehead atoms. The summed E-state index contributed by atoms with van der Waals surface area (Å²) in [5.74, 6) is 1.12. The highest BCUT2D eigenvalue weighted by Gasteiger charge is 2.33. The van der Waals surface area contributed by atoms with E-state index in [9.17, 15) is 0 Å². The number of aromatic nitrogens is 4. The minimum Gasteiger partial charge on any atom is -0.368 e. The molecule has 2 fully saturated rings. The molecule has 2 aliphatic rings. The minimum absolute atomic E-state index is 0.394. The highest BCUT2D eigenvalue weighted by atomic mass is 15.4. The van der Waals surface area contributed by atoms with Gasteiger partial charge in [-0.15, -0.1) is 0 Å². The van der Waals surface area contributed by atoms with E-state index >= 15 is 0 Å². The zero-order valence-electron chi connectivity index (χ0n) is 9.95. The molecule has 4 heterocycles. The van der Waals surface area contributed by atoms with Gasteiger partial charge in [0.05, 0.1) is 6.20 Å². The molecule has 0 radical (unpaired) electrons. The molecule has 2 atom stereocenters. The van der Waals surface area contributed by atoms with Crippen LogP contribution in [-0.2, 0) is 0 Å². The second-order valence-electron chi connectivity index (χ2n) is 5.03. The average Bonchev–Trinajstić information content (AvgIpc) is 2.96. The number of hydrogen-bond acceptors (Lipinski definition) is 6. The Labute approximate surface area is 104 Å². The molecule has 94 valence electrons. The molecule has 0 aromatic carbocycles. The van der Waals surface area contributed by atoms with Crippen LogP contribution in [0.5, 0.6) is 0 Å². The van der Waals surface area contributed by atoms with E-state index in [1.165, 1.54) is 12.8 Å². The van der Waals surface area contributed by atoms with Gasteiger partial charge in [0.15, 0.2) is 5.65 Å². The van der Waals surface area contributed by atoms with Gasteiger partial charge >= 0.3 is 0 Å². The van der Waals surface area contributed by atoms with Gasteiger partial charge in [-0.2, -0.15) is 19.6 Å². The predicted octanol–water partition coefficient (Wildman–Crippen LogP) is -0.353. The van der Waals surface area contributed by atoms with Gasteiger partial charge in [0.25, 0.3) is 0 Å². The van der Waals surface area contributed by atoms with E-state index in [0.29, 0.717) is 18.0 Å². The van der Waals surface area contributed by atoms with Crippen molar-refractivity contribution in [1.29, 1.82) is 0 Å². The van der Waals surface area contributed by atoms with Crippen LogP contribution >= 0.6 is 0 Å². The van der Waals surface area contributed by atoms with Crippen molar-refractivity contribution in [2.75, 3.05) is 23.7 Å². The first-order valence-electron chi connectivity index (χ1n) is 6.28. The smallest absolute Gasteiger partial charge is 0.230 e. The van der Waals surface area contributed by atoms with Gasteiger partial charge in [-0.3, -0.25) is 0 Å². The molecular formula is C11H15N7. The van der Waals surface area contributed by atoms with Gasteiger partial charge < -0.3 is 16.0 Å². The Kier molecular flexibility index (Phi) is 1.99. The fourth-order valence-electron chi connectivity index (χ4n) is 2.94. The van der Waals surface area contributed by atoms with Crippen LogP contribution in [0.2, 0.25) is 0 Å². The number of fused-ring (bicyclic) bond motifs is 3. The Morgan fingerprint density at radius 1 is 1.22 bits per heavy atom. The molecule has 2 saturated heterocycles. The zero-order chi connectivity index (χ0) is 12.1. The van der Waals surface area contributed by atoms with Crippen LogP contribution < -0.4 is 16.0 Å². The van der Waals surface area contributed by atoms with E-state index in [-0.39, 0.29) is 0 Å². The lowest BCUT2D eigenvalue weighted by molar-refractivity contribution is 0.460. The Hall–Kier alpha value is -1.89. The van der Waals surface area contributed by atoms with Crippen LogP contribution in [0.3, 0.4) is 0 Å². The topological polar surface area (TPSA) is 84.4 Å². The van der Waals surface area contributed by atoms with Gasteiger partial charge in [0.2, 0.25) is 11.9 Å². The molecule has 2 aliphatic heterocycles. The van der Waals surface area contributed by atoms with Crippen LogP contribution in [0.1, 0.15) is 12.8 Å². The second kappa shape index (κ2) is 3.55. The zero-order valence-corrected chi connectivity index (χ0v) is 9.95. The lowest BCUT2D eigenvalue weighted by Crippen LogP contribution is -2.51. The first kappa shape index (κ1) is 10.1. The summed E-state index contributed by atoms with van der Waals surface area (Å²) >= 11 is 0. The molecule has 7 heteroatoms. The molecule has 18 heavy (non-hydrogen) atoms. The summed E-state index contributed by atoms with van der Waals surface area (Å²) in [6, 6.07) is 2.97. The number of nitrogen functional groups attached to an aromatic ring is 1. The van der Waals surface area contributed by atoms with Crippen molar-refractivity contribution >= 4 is 17.5 Å².